The van der Waals surface area contributed by atoms with E-state index in [9.17, 15) is 9.18 Å². The SMILES string of the molecule is Cc1ccc([C@H](C)NC(=O)C2CCN(c3cnccn3)CC2)cc1F. The number of carbonyl (C=O) groups is 1. The van der Waals surface area contributed by atoms with Gasteiger partial charge < -0.3 is 10.2 Å². The number of nitrogens with zero attached hydrogens (tertiary/aromatic N) is 3. The Morgan fingerprint density at radius 3 is 2.72 bits per heavy atom. The zero-order valence-corrected chi connectivity index (χ0v) is 14.6. The van der Waals surface area contributed by atoms with Gasteiger partial charge in [0, 0.05) is 31.4 Å². The lowest BCUT2D eigenvalue weighted by Gasteiger charge is -2.32. The standard InChI is InChI=1S/C19H23FN4O/c1-13-3-4-16(11-17(13)20)14(2)23-19(25)15-5-9-24(10-6-15)18-12-21-7-8-22-18/h3-4,7-8,11-12,14-15H,5-6,9-10H2,1-2H3,(H,23,25)/t14-/m0/s1. The van der Waals surface area contributed by atoms with Crippen LogP contribution in [0.4, 0.5) is 10.2 Å². The van der Waals surface area contributed by atoms with E-state index < -0.39 is 0 Å². The van der Waals surface area contributed by atoms with E-state index in [2.05, 4.69) is 20.2 Å². The molecule has 2 heterocycles. The summed E-state index contributed by atoms with van der Waals surface area (Å²) in [6.45, 7) is 5.18. The summed E-state index contributed by atoms with van der Waals surface area (Å²) in [5, 5.41) is 3.02. The van der Waals surface area contributed by atoms with E-state index in [-0.39, 0.29) is 23.7 Å². The van der Waals surface area contributed by atoms with E-state index >= 15 is 0 Å². The molecule has 0 radical (unpaired) electrons. The maximum absolute atomic E-state index is 13.7. The molecule has 1 aliphatic rings. The van der Waals surface area contributed by atoms with Gasteiger partial charge in [-0.25, -0.2) is 9.37 Å². The lowest BCUT2D eigenvalue weighted by molar-refractivity contribution is -0.126. The molecule has 0 saturated carbocycles. The van der Waals surface area contributed by atoms with E-state index in [0.717, 1.165) is 37.3 Å². The Labute approximate surface area is 147 Å². The highest BCUT2D eigenvalue weighted by molar-refractivity contribution is 5.79. The molecule has 1 saturated heterocycles. The second kappa shape index (κ2) is 7.59. The number of anilines is 1. The lowest BCUT2D eigenvalue weighted by atomic mass is 9.95. The smallest absolute Gasteiger partial charge is 0.223 e. The summed E-state index contributed by atoms with van der Waals surface area (Å²) >= 11 is 0. The number of aromatic nitrogens is 2. The molecule has 0 bridgehead atoms. The van der Waals surface area contributed by atoms with Gasteiger partial charge in [0.15, 0.2) is 0 Å². The molecule has 5 nitrogen and oxygen atoms in total. The zero-order chi connectivity index (χ0) is 17.8. The molecule has 0 spiro atoms. The molecule has 0 unspecified atom stereocenters. The van der Waals surface area contributed by atoms with Gasteiger partial charge >= 0.3 is 0 Å². The number of rotatable bonds is 4. The summed E-state index contributed by atoms with van der Waals surface area (Å²) in [5.74, 6) is 0.624. The van der Waals surface area contributed by atoms with Gasteiger partial charge in [-0.05, 0) is 43.9 Å². The number of halogens is 1. The molecule has 3 rings (SSSR count). The monoisotopic (exact) mass is 342 g/mol. The van der Waals surface area contributed by atoms with Crippen LogP contribution >= 0.6 is 0 Å². The van der Waals surface area contributed by atoms with Gasteiger partial charge in [0.1, 0.15) is 11.6 Å². The minimum Gasteiger partial charge on any atom is -0.355 e. The number of aryl methyl sites for hydroxylation is 1. The van der Waals surface area contributed by atoms with Crippen LogP contribution in [0.15, 0.2) is 36.8 Å². The molecule has 6 heteroatoms. The van der Waals surface area contributed by atoms with E-state index in [1.807, 2.05) is 13.0 Å². The second-order valence-corrected chi connectivity index (χ2v) is 6.56. The van der Waals surface area contributed by atoms with Crippen LogP contribution in [0.5, 0.6) is 0 Å². The zero-order valence-electron chi connectivity index (χ0n) is 14.6. The summed E-state index contributed by atoms with van der Waals surface area (Å²) in [5.41, 5.74) is 1.40. The third-order valence-corrected chi connectivity index (χ3v) is 4.79. The summed E-state index contributed by atoms with van der Waals surface area (Å²) in [6, 6.07) is 4.89. The maximum Gasteiger partial charge on any atom is 0.223 e. The van der Waals surface area contributed by atoms with Crippen LogP contribution in [0.2, 0.25) is 0 Å². The number of amides is 1. The number of nitrogens with one attached hydrogen (secondary N) is 1. The fraction of sp³-hybridized carbons (Fsp3) is 0.421. The quantitative estimate of drug-likeness (QED) is 0.928. The van der Waals surface area contributed by atoms with Crippen molar-refractivity contribution in [3.63, 3.8) is 0 Å². The fourth-order valence-corrected chi connectivity index (χ4v) is 3.12. The van der Waals surface area contributed by atoms with Crippen molar-refractivity contribution in [1.29, 1.82) is 0 Å². The number of hydrogen-bond donors (Lipinski definition) is 1. The molecule has 1 N–H and O–H groups in total. The molecular formula is C19H23FN4O. The molecule has 25 heavy (non-hydrogen) atoms. The summed E-state index contributed by atoms with van der Waals surface area (Å²) in [4.78, 5) is 23.1. The second-order valence-electron chi connectivity index (χ2n) is 6.56. The minimum atomic E-state index is -0.240. The van der Waals surface area contributed by atoms with Gasteiger partial charge in [0.25, 0.3) is 0 Å². The Balaban J connectivity index is 1.55. The third-order valence-electron chi connectivity index (χ3n) is 4.79. The van der Waals surface area contributed by atoms with E-state index in [1.54, 1.807) is 31.6 Å². The first-order valence-corrected chi connectivity index (χ1v) is 8.62. The summed E-state index contributed by atoms with van der Waals surface area (Å²) in [7, 11) is 0. The van der Waals surface area contributed by atoms with Crippen molar-refractivity contribution in [2.75, 3.05) is 18.0 Å². The predicted molar refractivity (Wildman–Crippen MR) is 94.7 cm³/mol. The maximum atomic E-state index is 13.7. The summed E-state index contributed by atoms with van der Waals surface area (Å²) < 4.78 is 13.7. The fourth-order valence-electron chi connectivity index (χ4n) is 3.12. The largest absolute Gasteiger partial charge is 0.355 e. The topological polar surface area (TPSA) is 58.1 Å². The molecular weight excluding hydrogens is 319 g/mol. The predicted octanol–water partition coefficient (Wildman–Crippen LogP) is 3.02. The first-order chi connectivity index (χ1) is 12.0. The number of benzene rings is 1. The number of hydrogen-bond acceptors (Lipinski definition) is 4. The van der Waals surface area contributed by atoms with Crippen molar-refractivity contribution < 1.29 is 9.18 Å². The van der Waals surface area contributed by atoms with Crippen molar-refractivity contribution in [1.82, 2.24) is 15.3 Å². The van der Waals surface area contributed by atoms with Crippen LogP contribution in [0.25, 0.3) is 0 Å². The van der Waals surface area contributed by atoms with Gasteiger partial charge in [-0.2, -0.15) is 0 Å². The van der Waals surface area contributed by atoms with Crippen molar-refractivity contribution in [3.8, 4) is 0 Å². The molecule has 132 valence electrons. The first-order valence-electron chi connectivity index (χ1n) is 8.62. The van der Waals surface area contributed by atoms with Crippen molar-refractivity contribution in [2.24, 2.45) is 5.92 Å². The van der Waals surface area contributed by atoms with Crippen LogP contribution in [-0.4, -0.2) is 29.0 Å². The highest BCUT2D eigenvalue weighted by atomic mass is 19.1. The molecule has 1 amide bonds. The van der Waals surface area contributed by atoms with Gasteiger partial charge in [0.05, 0.1) is 12.2 Å². The van der Waals surface area contributed by atoms with Gasteiger partial charge in [-0.1, -0.05) is 12.1 Å². The molecule has 1 aromatic heterocycles. The average Bonchev–Trinajstić information content (AvgIpc) is 2.64. The number of carbonyl (C=O) groups excluding carboxylic acids is 1. The first kappa shape index (κ1) is 17.3. The summed E-state index contributed by atoms with van der Waals surface area (Å²) in [6.07, 6.45) is 6.62. The van der Waals surface area contributed by atoms with Gasteiger partial charge in [-0.3, -0.25) is 9.78 Å². The molecule has 1 atom stereocenters. The van der Waals surface area contributed by atoms with Crippen molar-refractivity contribution in [3.05, 3.63) is 53.7 Å². The van der Waals surface area contributed by atoms with Crippen LogP contribution in [0, 0.1) is 18.7 Å². The highest BCUT2D eigenvalue weighted by Gasteiger charge is 2.26. The van der Waals surface area contributed by atoms with Crippen molar-refractivity contribution in [2.45, 2.75) is 32.7 Å². The average molecular weight is 342 g/mol. The minimum absolute atomic E-state index is 0.0225. The molecule has 1 aromatic carbocycles. The Bertz CT molecular complexity index is 729. The normalized spacial score (nSPS) is 16.5. The lowest BCUT2D eigenvalue weighted by Crippen LogP contribution is -2.41. The third kappa shape index (κ3) is 4.13. The van der Waals surface area contributed by atoms with Gasteiger partial charge in [-0.15, -0.1) is 0 Å². The van der Waals surface area contributed by atoms with Crippen LogP contribution in [-0.2, 0) is 4.79 Å². The van der Waals surface area contributed by atoms with E-state index in [1.165, 1.54) is 6.07 Å². The Hall–Kier alpha value is -2.50. The molecule has 1 aliphatic heterocycles. The molecule has 0 aliphatic carbocycles. The highest BCUT2D eigenvalue weighted by Crippen LogP contribution is 2.23. The van der Waals surface area contributed by atoms with Gasteiger partial charge in [0.2, 0.25) is 5.91 Å². The van der Waals surface area contributed by atoms with E-state index in [0.29, 0.717) is 5.56 Å². The van der Waals surface area contributed by atoms with Crippen LogP contribution in [0.1, 0.15) is 36.9 Å². The van der Waals surface area contributed by atoms with E-state index in [4.69, 9.17) is 0 Å². The Morgan fingerprint density at radius 2 is 2.08 bits per heavy atom. The Kier molecular flexibility index (Phi) is 5.26. The molecule has 1 fully saturated rings. The number of piperidine rings is 1. The Morgan fingerprint density at radius 1 is 1.32 bits per heavy atom. The van der Waals surface area contributed by atoms with Crippen molar-refractivity contribution >= 4 is 11.7 Å². The van der Waals surface area contributed by atoms with Crippen LogP contribution in [0.3, 0.4) is 0 Å². The van der Waals surface area contributed by atoms with Crippen LogP contribution < -0.4 is 10.2 Å². The molecule has 2 aromatic rings.